The second-order valence-electron chi connectivity index (χ2n) is 6.72. The van der Waals surface area contributed by atoms with Crippen LogP contribution in [0.3, 0.4) is 0 Å². The number of hydrogen-bond acceptors (Lipinski definition) is 6. The molecule has 1 unspecified atom stereocenters. The highest BCUT2D eigenvalue weighted by Crippen LogP contribution is 2.24. The van der Waals surface area contributed by atoms with Gasteiger partial charge in [0.05, 0.1) is 6.04 Å². The number of rotatable bonds is 9. The van der Waals surface area contributed by atoms with Gasteiger partial charge in [0.2, 0.25) is 5.88 Å². The first-order chi connectivity index (χ1) is 14.0. The highest BCUT2D eigenvalue weighted by Gasteiger charge is 2.42. The van der Waals surface area contributed by atoms with E-state index in [1.165, 1.54) is 26.1 Å². The van der Waals surface area contributed by atoms with Crippen LogP contribution >= 0.6 is 0 Å². The number of amides is 1. The van der Waals surface area contributed by atoms with Gasteiger partial charge >= 0.3 is 12.3 Å². The zero-order valence-electron chi connectivity index (χ0n) is 16.5. The Balaban J connectivity index is 2.05. The van der Waals surface area contributed by atoms with E-state index in [0.29, 0.717) is 11.3 Å². The third-order valence-corrected chi connectivity index (χ3v) is 4.01. The molecule has 0 radical (unpaired) electrons. The average molecular weight is 428 g/mol. The van der Waals surface area contributed by atoms with Gasteiger partial charge in [0, 0.05) is 23.9 Å². The number of carbonyl (C=O) groups excluding carboxylic acids is 2. The minimum atomic E-state index is -4.33. The van der Waals surface area contributed by atoms with Crippen molar-refractivity contribution in [2.24, 2.45) is 0 Å². The summed E-state index contributed by atoms with van der Waals surface area (Å²) in [7, 11) is 0. The summed E-state index contributed by atoms with van der Waals surface area (Å²) < 4.78 is 54.9. The molecule has 11 heteroatoms. The summed E-state index contributed by atoms with van der Waals surface area (Å²) in [6.07, 6.45) is -2.17. The first-order valence-corrected chi connectivity index (χ1v) is 8.88. The number of ether oxygens (including phenoxy) is 1. The quantitative estimate of drug-likeness (QED) is 0.617. The Kier molecular flexibility index (Phi) is 7.41. The second kappa shape index (κ2) is 9.59. The summed E-state index contributed by atoms with van der Waals surface area (Å²) in [5.41, 5.74) is 1.36. The Morgan fingerprint density at radius 1 is 1.23 bits per heavy atom. The maximum atomic E-state index is 13.0. The van der Waals surface area contributed by atoms with E-state index in [-0.39, 0.29) is 29.3 Å². The Bertz CT molecular complexity index is 924. The molecule has 2 aromatic heterocycles. The van der Waals surface area contributed by atoms with Crippen LogP contribution in [0.1, 0.15) is 47.2 Å². The van der Waals surface area contributed by atoms with Crippen LogP contribution in [0, 0.1) is 6.92 Å². The Labute approximate surface area is 169 Å². The van der Waals surface area contributed by atoms with Crippen molar-refractivity contribution in [3.8, 4) is 5.88 Å². The van der Waals surface area contributed by atoms with Gasteiger partial charge in [0.1, 0.15) is 5.78 Å². The Morgan fingerprint density at radius 3 is 2.53 bits per heavy atom. The highest BCUT2D eigenvalue weighted by molar-refractivity contribution is 5.92. The monoisotopic (exact) mass is 428 g/mol. The Morgan fingerprint density at radius 2 is 1.93 bits per heavy atom. The van der Waals surface area contributed by atoms with Crippen LogP contribution in [-0.2, 0) is 11.2 Å². The van der Waals surface area contributed by atoms with Crippen molar-refractivity contribution in [2.75, 3.05) is 6.61 Å². The van der Waals surface area contributed by atoms with Crippen molar-refractivity contribution in [1.82, 2.24) is 20.5 Å². The number of alkyl halides is 4. The zero-order valence-corrected chi connectivity index (χ0v) is 16.5. The smallest absolute Gasteiger partial charge is 0.340 e. The van der Waals surface area contributed by atoms with E-state index in [0.717, 1.165) is 0 Å². The summed E-state index contributed by atoms with van der Waals surface area (Å²) in [4.78, 5) is 27.8. The molecule has 0 aliphatic rings. The molecule has 7 nitrogen and oxygen atoms in total. The number of carbonyl (C=O) groups is 2. The maximum Gasteiger partial charge on any atom is 0.340 e. The van der Waals surface area contributed by atoms with Crippen LogP contribution in [0.15, 0.2) is 24.4 Å². The Hall–Kier alpha value is -3.11. The van der Waals surface area contributed by atoms with Crippen LogP contribution in [-0.4, -0.2) is 45.8 Å². The minimum absolute atomic E-state index is 0.0456. The molecule has 1 atom stereocenters. The van der Waals surface area contributed by atoms with Gasteiger partial charge in [-0.3, -0.25) is 14.6 Å². The summed E-state index contributed by atoms with van der Waals surface area (Å²) in [5.74, 6) is -5.34. The number of hydrogen-bond donors (Lipinski definition) is 1. The molecule has 2 heterocycles. The first kappa shape index (κ1) is 23.2. The van der Waals surface area contributed by atoms with Crippen molar-refractivity contribution >= 4 is 11.7 Å². The normalized spacial score (nSPS) is 12.5. The highest BCUT2D eigenvalue weighted by atomic mass is 19.3. The molecule has 0 aliphatic heterocycles. The predicted molar refractivity (Wildman–Crippen MR) is 97.7 cm³/mol. The van der Waals surface area contributed by atoms with Gasteiger partial charge in [-0.05, 0) is 44.5 Å². The second-order valence-corrected chi connectivity index (χ2v) is 6.72. The van der Waals surface area contributed by atoms with Gasteiger partial charge < -0.3 is 10.1 Å². The van der Waals surface area contributed by atoms with E-state index in [9.17, 15) is 27.2 Å². The van der Waals surface area contributed by atoms with Crippen LogP contribution in [0.5, 0.6) is 5.88 Å². The molecule has 1 N–H and O–H groups in total. The number of nitrogens with zero attached hydrogens (tertiary/aromatic N) is 3. The topological polar surface area (TPSA) is 94.1 Å². The molecule has 1 amide bonds. The minimum Gasteiger partial charge on any atom is -0.470 e. The maximum absolute atomic E-state index is 13.0. The molecule has 2 rings (SSSR count). The van der Waals surface area contributed by atoms with Crippen LogP contribution in [0.2, 0.25) is 0 Å². The molecule has 0 bridgehead atoms. The molecule has 30 heavy (non-hydrogen) atoms. The molecule has 2 aromatic rings. The fourth-order valence-corrected chi connectivity index (χ4v) is 2.43. The lowest BCUT2D eigenvalue weighted by atomic mass is 10.1. The summed E-state index contributed by atoms with van der Waals surface area (Å²) >= 11 is 0. The number of aromatic nitrogens is 3. The number of ketones is 1. The predicted octanol–water partition coefficient (Wildman–Crippen LogP) is 3.08. The summed E-state index contributed by atoms with van der Waals surface area (Å²) in [6.45, 7) is 3.02. The number of Topliss-reactive ketones (excluding diaryl/α,β-unsaturated/α-hetero) is 1. The standard InChI is InChI=1S/C19H20F4N4O3/c1-10-6-15(26-27-17(10)30-9-19(22,23)18(20)21)16(29)25-12(3)13-4-5-24-14(8-13)7-11(2)28/h4-6,8,12,18H,7,9H2,1-3H3,(H,25,29). The van der Waals surface area contributed by atoms with E-state index in [1.807, 2.05) is 0 Å². The lowest BCUT2D eigenvalue weighted by Gasteiger charge is -2.17. The lowest BCUT2D eigenvalue weighted by Crippen LogP contribution is -2.34. The van der Waals surface area contributed by atoms with Gasteiger partial charge in [-0.25, -0.2) is 8.78 Å². The number of halogens is 4. The molecule has 0 spiro atoms. The van der Waals surface area contributed by atoms with Gasteiger partial charge in [-0.2, -0.15) is 8.78 Å². The van der Waals surface area contributed by atoms with Gasteiger partial charge in [-0.15, -0.1) is 10.2 Å². The fraction of sp³-hybridized carbons (Fsp3) is 0.421. The van der Waals surface area contributed by atoms with Crippen LogP contribution in [0.25, 0.3) is 0 Å². The zero-order chi connectivity index (χ0) is 22.5. The number of aryl methyl sites for hydroxylation is 1. The first-order valence-electron chi connectivity index (χ1n) is 8.88. The van der Waals surface area contributed by atoms with Crippen molar-refractivity contribution in [3.63, 3.8) is 0 Å². The SMILES string of the molecule is CC(=O)Cc1cc(C(C)NC(=O)c2cc(C)c(OCC(F)(F)C(F)F)nn2)ccn1. The van der Waals surface area contributed by atoms with Gasteiger partial charge in [0.25, 0.3) is 5.91 Å². The fourth-order valence-electron chi connectivity index (χ4n) is 2.43. The molecule has 0 aliphatic carbocycles. The van der Waals surface area contributed by atoms with Crippen molar-refractivity contribution < 1.29 is 31.9 Å². The third kappa shape index (κ3) is 6.19. The third-order valence-electron chi connectivity index (χ3n) is 4.01. The molecule has 162 valence electrons. The lowest BCUT2D eigenvalue weighted by molar-refractivity contribution is -0.148. The van der Waals surface area contributed by atoms with Crippen molar-refractivity contribution in [1.29, 1.82) is 0 Å². The molecule has 0 saturated heterocycles. The molecule has 0 fully saturated rings. The van der Waals surface area contributed by atoms with E-state index in [4.69, 9.17) is 0 Å². The van der Waals surface area contributed by atoms with Gasteiger partial charge in [-0.1, -0.05) is 0 Å². The number of pyridine rings is 1. The van der Waals surface area contributed by atoms with E-state index >= 15 is 0 Å². The van der Waals surface area contributed by atoms with Gasteiger partial charge in [0.15, 0.2) is 12.3 Å². The van der Waals surface area contributed by atoms with Crippen LogP contribution in [0.4, 0.5) is 17.6 Å². The van der Waals surface area contributed by atoms with Crippen molar-refractivity contribution in [3.05, 3.63) is 46.9 Å². The molecule has 0 saturated carbocycles. The summed E-state index contributed by atoms with van der Waals surface area (Å²) in [5, 5.41) is 9.84. The van der Waals surface area contributed by atoms with E-state index in [1.54, 1.807) is 19.1 Å². The number of nitrogens with one attached hydrogen (secondary N) is 1. The average Bonchev–Trinajstić information content (AvgIpc) is 2.66. The van der Waals surface area contributed by atoms with E-state index < -0.39 is 30.9 Å². The van der Waals surface area contributed by atoms with Crippen molar-refractivity contribution in [2.45, 2.75) is 45.6 Å². The van der Waals surface area contributed by atoms with Crippen LogP contribution < -0.4 is 10.1 Å². The summed E-state index contributed by atoms with van der Waals surface area (Å²) in [6, 6.07) is 4.18. The van der Waals surface area contributed by atoms with E-state index in [2.05, 4.69) is 25.2 Å². The largest absolute Gasteiger partial charge is 0.470 e. The molecule has 0 aromatic carbocycles. The molecular weight excluding hydrogens is 408 g/mol. The molecular formula is C19H20F4N4O3.